The van der Waals surface area contributed by atoms with E-state index in [4.69, 9.17) is 25.8 Å². The summed E-state index contributed by atoms with van der Waals surface area (Å²) in [5, 5.41) is 16.8. The van der Waals surface area contributed by atoms with E-state index < -0.39 is 29.0 Å². The van der Waals surface area contributed by atoms with Crippen LogP contribution in [0.1, 0.15) is 32.1 Å². The summed E-state index contributed by atoms with van der Waals surface area (Å²) in [6.45, 7) is 0.286. The number of pyridine rings is 1. The van der Waals surface area contributed by atoms with Gasteiger partial charge in [-0.3, -0.25) is 14.6 Å². The van der Waals surface area contributed by atoms with Gasteiger partial charge in [0.15, 0.2) is 11.5 Å². The second-order valence-corrected chi connectivity index (χ2v) is 10.6. The van der Waals surface area contributed by atoms with E-state index in [1.54, 1.807) is 42.6 Å². The first-order valence-corrected chi connectivity index (χ1v) is 14.2. The number of halogens is 2. The third kappa shape index (κ3) is 7.86. The van der Waals surface area contributed by atoms with Crippen LogP contribution in [0.15, 0.2) is 66.9 Å². The smallest absolute Gasteiger partial charge is 0.550 e. The van der Waals surface area contributed by atoms with E-state index in [0.717, 1.165) is 0 Å². The molecule has 5 rings (SSSR count). The summed E-state index contributed by atoms with van der Waals surface area (Å²) in [5.74, 6) is -0.992. The van der Waals surface area contributed by atoms with E-state index in [1.165, 1.54) is 31.4 Å². The van der Waals surface area contributed by atoms with Crippen molar-refractivity contribution >= 4 is 51.7 Å². The van der Waals surface area contributed by atoms with Crippen LogP contribution >= 0.6 is 11.6 Å². The summed E-state index contributed by atoms with van der Waals surface area (Å²) in [6, 6.07) is 15.3. The number of nitrogens with one attached hydrogen (secondary N) is 2. The monoisotopic (exact) mass is 627 g/mol. The molecule has 1 aliphatic carbocycles. The predicted molar refractivity (Wildman–Crippen MR) is 160 cm³/mol. The third-order valence-corrected chi connectivity index (χ3v) is 7.56. The largest absolute Gasteiger partial charge is 1.00 e. The molecule has 1 heterocycles. The maximum atomic E-state index is 13.2. The quantitative estimate of drug-likeness (QED) is 0.131. The molecule has 0 radical (unpaired) electrons. The summed E-state index contributed by atoms with van der Waals surface area (Å²) < 4.78 is 30.7. The van der Waals surface area contributed by atoms with Crippen molar-refractivity contribution in [3.63, 3.8) is 0 Å². The summed E-state index contributed by atoms with van der Waals surface area (Å²) in [5.41, 5.74) is -0.0613. The average Bonchev–Trinajstić information content (AvgIpc) is 3.82. The van der Waals surface area contributed by atoms with Crippen molar-refractivity contribution in [2.75, 3.05) is 24.4 Å². The Kier molecular flexibility index (Phi) is 10.9. The number of rotatable bonds is 13. The number of benzene rings is 3. The summed E-state index contributed by atoms with van der Waals surface area (Å²) >= 11 is 6.66. The number of ether oxygens (including phenoxy) is 3. The molecule has 2 amide bonds. The van der Waals surface area contributed by atoms with Gasteiger partial charge in [0.2, 0.25) is 11.8 Å². The first-order chi connectivity index (χ1) is 21.2. The van der Waals surface area contributed by atoms with E-state index in [2.05, 4.69) is 15.6 Å². The normalized spacial score (nSPS) is 12.9. The molecule has 228 valence electrons. The van der Waals surface area contributed by atoms with Gasteiger partial charge in [0.25, 0.3) is 0 Å². The molecule has 0 bridgehead atoms. The number of hydrogen-bond acceptors (Lipinski definition) is 8. The first-order valence-electron chi connectivity index (χ1n) is 13.8. The Hall–Kier alpha value is -4.30. The van der Waals surface area contributed by atoms with E-state index in [9.17, 15) is 23.9 Å². The molecule has 1 aromatic heterocycles. The van der Waals surface area contributed by atoms with Crippen molar-refractivity contribution in [3.8, 4) is 23.0 Å². The van der Waals surface area contributed by atoms with Crippen LogP contribution in [-0.2, 0) is 14.4 Å². The molecular weight excluding hydrogens is 600 g/mol. The van der Waals surface area contributed by atoms with Crippen LogP contribution in [-0.4, -0.2) is 36.5 Å². The van der Waals surface area contributed by atoms with Gasteiger partial charge in [0.1, 0.15) is 27.8 Å². The molecule has 0 spiro atoms. The number of aromatic nitrogens is 1. The Balaban J connectivity index is 0.00000461. The zero-order chi connectivity index (χ0) is 31.3. The minimum Gasteiger partial charge on any atom is -0.550 e. The van der Waals surface area contributed by atoms with Crippen LogP contribution in [0.2, 0.25) is 5.02 Å². The Bertz CT molecular complexity index is 1720. The van der Waals surface area contributed by atoms with Gasteiger partial charge in [-0.05, 0) is 80.6 Å². The number of carbonyl (C=O) groups excluding carboxylic acids is 3. The molecule has 10 nitrogen and oxygen atoms in total. The Labute approximate surface area is 275 Å². The average molecular weight is 628 g/mol. The van der Waals surface area contributed by atoms with Crippen LogP contribution in [0.25, 0.3) is 10.9 Å². The molecule has 3 aromatic carbocycles. The van der Waals surface area contributed by atoms with Crippen molar-refractivity contribution in [2.45, 2.75) is 32.1 Å². The molecule has 2 N–H and O–H groups in total. The number of fused-ring (bicyclic) bond motifs is 1. The molecule has 45 heavy (non-hydrogen) atoms. The number of hydrogen-bond donors (Lipinski definition) is 2. The standard InChI is InChI=1S/C32H29ClFN3O7.Li/c1-42-26-17-21-23(18-27(26)43-16-3-2-7-28(38)39)35-15-12-24(21)44-25-6-4-5-22(29(25)33)37-31(41)32(13-14-32)30(40)36-20-10-8-19(34)9-11-20;/h4-6,8-12,15,17-18H,2-3,7,13-14,16H2,1H3,(H,36,40)(H,37,41)(H,38,39);/q;+1/p-1. The predicted octanol–water partition coefficient (Wildman–Crippen LogP) is 2.49. The maximum Gasteiger partial charge on any atom is 1.00 e. The van der Waals surface area contributed by atoms with Gasteiger partial charge in [0.05, 0.1) is 24.9 Å². The minimum absolute atomic E-state index is 0. The summed E-state index contributed by atoms with van der Waals surface area (Å²) in [7, 11) is 1.50. The van der Waals surface area contributed by atoms with Crippen LogP contribution in [0, 0.1) is 11.2 Å². The molecule has 0 unspecified atom stereocenters. The molecule has 4 aromatic rings. The number of carboxylic acids is 1. The fraction of sp³-hybridized carbons (Fsp3) is 0.250. The molecule has 13 heteroatoms. The van der Waals surface area contributed by atoms with Gasteiger partial charge in [-0.1, -0.05) is 17.7 Å². The van der Waals surface area contributed by atoms with E-state index in [0.29, 0.717) is 59.5 Å². The number of nitrogens with zero attached hydrogens (tertiary/aromatic N) is 1. The van der Waals surface area contributed by atoms with Crippen molar-refractivity contribution in [1.82, 2.24) is 4.98 Å². The summed E-state index contributed by atoms with van der Waals surface area (Å²) in [6.07, 6.45) is 3.19. The zero-order valence-electron chi connectivity index (χ0n) is 24.7. The topological polar surface area (TPSA) is 139 Å². The molecular formula is C32H28ClFLiN3O7. The van der Waals surface area contributed by atoms with Gasteiger partial charge in [-0.15, -0.1) is 0 Å². The van der Waals surface area contributed by atoms with Crippen molar-refractivity contribution in [2.24, 2.45) is 5.41 Å². The van der Waals surface area contributed by atoms with E-state index in [-0.39, 0.29) is 48.3 Å². The number of aliphatic carboxylic acids is 1. The van der Waals surface area contributed by atoms with Crippen LogP contribution in [0.4, 0.5) is 15.8 Å². The van der Waals surface area contributed by atoms with Gasteiger partial charge >= 0.3 is 18.9 Å². The van der Waals surface area contributed by atoms with Crippen molar-refractivity contribution in [3.05, 3.63) is 77.7 Å². The molecule has 0 saturated heterocycles. The van der Waals surface area contributed by atoms with Crippen LogP contribution in [0.5, 0.6) is 23.0 Å². The molecule has 1 saturated carbocycles. The van der Waals surface area contributed by atoms with Gasteiger partial charge in [0, 0.05) is 29.3 Å². The fourth-order valence-corrected chi connectivity index (χ4v) is 4.77. The van der Waals surface area contributed by atoms with Crippen molar-refractivity contribution < 1.29 is 57.0 Å². The van der Waals surface area contributed by atoms with Gasteiger partial charge in [-0.25, -0.2) is 4.39 Å². The minimum atomic E-state index is -1.26. The molecule has 1 aliphatic rings. The van der Waals surface area contributed by atoms with E-state index >= 15 is 0 Å². The number of anilines is 2. The number of carboxylic acid groups (broad SMARTS) is 1. The second-order valence-electron chi connectivity index (χ2n) is 10.2. The summed E-state index contributed by atoms with van der Waals surface area (Å²) in [4.78, 5) is 41.2. The van der Waals surface area contributed by atoms with Gasteiger partial charge in [-0.2, -0.15) is 0 Å². The van der Waals surface area contributed by atoms with Gasteiger partial charge < -0.3 is 34.7 Å². The maximum absolute atomic E-state index is 13.2. The van der Waals surface area contributed by atoms with Crippen molar-refractivity contribution in [1.29, 1.82) is 0 Å². The molecule has 1 fully saturated rings. The first kappa shape index (κ1) is 33.6. The number of amides is 2. The zero-order valence-corrected chi connectivity index (χ0v) is 25.4. The fourth-order valence-electron chi connectivity index (χ4n) is 4.56. The molecule has 0 aliphatic heterocycles. The number of methoxy groups -OCH3 is 1. The Morgan fingerprint density at radius 1 is 0.956 bits per heavy atom. The Morgan fingerprint density at radius 3 is 2.38 bits per heavy atom. The van der Waals surface area contributed by atoms with Crippen LogP contribution < -0.4 is 48.8 Å². The SMILES string of the molecule is COc1cc2c(Oc3cccc(NC(=O)C4(C(=O)Nc5ccc(F)cc5)CC4)c3Cl)ccnc2cc1OCCCCC(=O)[O-].[Li+]. The third-order valence-electron chi connectivity index (χ3n) is 7.17. The van der Waals surface area contributed by atoms with Crippen LogP contribution in [0.3, 0.4) is 0 Å². The number of unbranched alkanes of at least 4 members (excludes halogenated alkanes) is 1. The Morgan fingerprint density at radius 2 is 1.69 bits per heavy atom. The second kappa shape index (κ2) is 14.7. The van der Waals surface area contributed by atoms with E-state index in [1.807, 2.05) is 0 Å². The molecule has 0 atom stereocenters. The number of carbonyl (C=O) groups is 3.